The predicted octanol–water partition coefficient (Wildman–Crippen LogP) is 4.04. The number of hydrogen-bond donors (Lipinski definition) is 2. The zero-order valence-corrected chi connectivity index (χ0v) is 18.5. The maximum Gasteiger partial charge on any atom is 0.319 e. The number of rotatable bonds is 6. The summed E-state index contributed by atoms with van der Waals surface area (Å²) in [4.78, 5) is 17.5. The number of para-hydroxylation sites is 2. The van der Waals surface area contributed by atoms with Gasteiger partial charge in [0.1, 0.15) is 5.82 Å². The molecule has 1 fully saturated rings. The van der Waals surface area contributed by atoms with Gasteiger partial charge in [-0.05, 0) is 49.9 Å². The molecular weight excluding hydrogens is 407 g/mol. The van der Waals surface area contributed by atoms with E-state index in [0.717, 1.165) is 49.7 Å². The minimum absolute atomic E-state index is 0.311. The number of aromatic nitrogens is 2. The molecule has 32 heavy (non-hydrogen) atoms. The van der Waals surface area contributed by atoms with Crippen LogP contribution < -0.4 is 15.5 Å². The first-order valence-electron chi connectivity index (χ1n) is 11.0. The molecular formula is C24H29FN6O. The number of carbonyl (C=O) groups excluding carboxylic acids is 1. The average Bonchev–Trinajstić information content (AvgIpc) is 3.34. The fourth-order valence-corrected chi connectivity index (χ4v) is 4.09. The molecule has 168 valence electrons. The van der Waals surface area contributed by atoms with Crippen LogP contribution in [0.4, 0.5) is 20.6 Å². The monoisotopic (exact) mass is 436 g/mol. The number of urea groups is 1. The van der Waals surface area contributed by atoms with Gasteiger partial charge in [0.05, 0.1) is 17.4 Å². The van der Waals surface area contributed by atoms with Gasteiger partial charge < -0.3 is 20.4 Å². The number of halogens is 1. The molecule has 1 aromatic heterocycles. The highest BCUT2D eigenvalue weighted by Crippen LogP contribution is 2.29. The Balaban J connectivity index is 1.48. The molecule has 8 heteroatoms. The molecule has 2 heterocycles. The highest BCUT2D eigenvalue weighted by molar-refractivity contribution is 5.91. The Labute approximate surface area is 187 Å². The third-order valence-electron chi connectivity index (χ3n) is 5.87. The van der Waals surface area contributed by atoms with Gasteiger partial charge in [0.15, 0.2) is 0 Å². The summed E-state index contributed by atoms with van der Waals surface area (Å²) in [6, 6.07) is 13.4. The summed E-state index contributed by atoms with van der Waals surface area (Å²) < 4.78 is 15.8. The number of nitrogens with one attached hydrogen (secondary N) is 2. The van der Waals surface area contributed by atoms with Crippen LogP contribution in [0.2, 0.25) is 0 Å². The molecule has 3 aromatic rings. The van der Waals surface area contributed by atoms with E-state index >= 15 is 0 Å². The van der Waals surface area contributed by atoms with Crippen molar-refractivity contribution in [2.45, 2.75) is 19.9 Å². The lowest BCUT2D eigenvalue weighted by molar-refractivity contribution is 0.249. The van der Waals surface area contributed by atoms with Crippen LogP contribution in [-0.4, -0.2) is 53.4 Å². The lowest BCUT2D eigenvalue weighted by Crippen LogP contribution is -2.46. The van der Waals surface area contributed by atoms with E-state index in [9.17, 15) is 9.18 Å². The first-order valence-corrected chi connectivity index (χ1v) is 11.0. The van der Waals surface area contributed by atoms with E-state index in [0.29, 0.717) is 5.69 Å². The zero-order valence-electron chi connectivity index (χ0n) is 18.5. The van der Waals surface area contributed by atoms with Gasteiger partial charge in [-0.1, -0.05) is 19.1 Å². The lowest BCUT2D eigenvalue weighted by Gasteiger charge is -2.37. The minimum Gasteiger partial charge on any atom is -0.369 e. The van der Waals surface area contributed by atoms with Gasteiger partial charge in [-0.3, -0.25) is 0 Å². The van der Waals surface area contributed by atoms with E-state index in [2.05, 4.69) is 32.5 Å². The van der Waals surface area contributed by atoms with Crippen molar-refractivity contribution >= 4 is 17.4 Å². The largest absolute Gasteiger partial charge is 0.369 e. The highest BCUT2D eigenvalue weighted by Gasteiger charge is 2.22. The first kappa shape index (κ1) is 21.8. The van der Waals surface area contributed by atoms with E-state index in [4.69, 9.17) is 0 Å². The molecule has 4 rings (SSSR count). The Morgan fingerprint density at radius 1 is 1.09 bits per heavy atom. The van der Waals surface area contributed by atoms with Gasteiger partial charge in [-0.15, -0.1) is 0 Å². The minimum atomic E-state index is -0.373. The van der Waals surface area contributed by atoms with Crippen LogP contribution in [-0.2, 0) is 0 Å². The normalized spacial score (nSPS) is 15.4. The van der Waals surface area contributed by atoms with Crippen LogP contribution >= 0.6 is 0 Å². The summed E-state index contributed by atoms with van der Waals surface area (Å²) in [5, 5.41) is 10.1. The quantitative estimate of drug-likeness (QED) is 0.612. The molecule has 0 aliphatic carbocycles. The second-order valence-electron chi connectivity index (χ2n) is 7.91. The van der Waals surface area contributed by atoms with E-state index in [-0.39, 0.29) is 17.9 Å². The predicted molar refractivity (Wildman–Crippen MR) is 125 cm³/mol. The topological polar surface area (TPSA) is 65.4 Å². The SMILES string of the molecule is CCN1CCN(c2ccc(F)cc2C(C)NC(=O)Nc2ccccc2-n2cccn2)CC1. The summed E-state index contributed by atoms with van der Waals surface area (Å²) in [5.74, 6) is -0.311. The summed E-state index contributed by atoms with van der Waals surface area (Å²) in [6.07, 6.45) is 3.50. The van der Waals surface area contributed by atoms with Gasteiger partial charge in [0.25, 0.3) is 0 Å². The number of carbonyl (C=O) groups is 1. The maximum atomic E-state index is 14.1. The van der Waals surface area contributed by atoms with Gasteiger partial charge in [-0.2, -0.15) is 5.10 Å². The smallest absolute Gasteiger partial charge is 0.319 e. The number of anilines is 2. The van der Waals surface area contributed by atoms with E-state index < -0.39 is 0 Å². The molecule has 1 atom stereocenters. The average molecular weight is 437 g/mol. The fraction of sp³-hybridized carbons (Fsp3) is 0.333. The summed E-state index contributed by atoms with van der Waals surface area (Å²) in [6.45, 7) is 8.76. The molecule has 1 saturated heterocycles. The number of benzene rings is 2. The fourth-order valence-electron chi connectivity index (χ4n) is 4.09. The van der Waals surface area contributed by atoms with Crippen LogP contribution in [0.3, 0.4) is 0 Å². The molecule has 0 radical (unpaired) electrons. The van der Waals surface area contributed by atoms with Gasteiger partial charge >= 0.3 is 6.03 Å². The van der Waals surface area contributed by atoms with E-state index in [1.54, 1.807) is 10.9 Å². The highest BCUT2D eigenvalue weighted by atomic mass is 19.1. The van der Waals surface area contributed by atoms with Crippen molar-refractivity contribution in [2.24, 2.45) is 0 Å². The third kappa shape index (κ3) is 4.91. The second kappa shape index (κ2) is 9.82. The van der Waals surface area contributed by atoms with Crippen molar-refractivity contribution in [2.75, 3.05) is 42.9 Å². The van der Waals surface area contributed by atoms with E-state index in [1.807, 2.05) is 49.5 Å². The van der Waals surface area contributed by atoms with Gasteiger partial charge in [0.2, 0.25) is 0 Å². The number of likely N-dealkylation sites (N-methyl/N-ethyl adjacent to an activating group) is 1. The molecule has 1 unspecified atom stereocenters. The molecule has 0 spiro atoms. The van der Waals surface area contributed by atoms with Crippen LogP contribution in [0.5, 0.6) is 0 Å². The third-order valence-corrected chi connectivity index (χ3v) is 5.87. The van der Waals surface area contributed by atoms with Crippen molar-refractivity contribution < 1.29 is 9.18 Å². The number of hydrogen-bond acceptors (Lipinski definition) is 4. The Morgan fingerprint density at radius 3 is 2.59 bits per heavy atom. The summed E-state index contributed by atoms with van der Waals surface area (Å²) in [5.41, 5.74) is 3.13. The second-order valence-corrected chi connectivity index (χ2v) is 7.91. The Bertz CT molecular complexity index is 1050. The molecule has 2 N–H and O–H groups in total. The van der Waals surface area contributed by atoms with Crippen LogP contribution in [0.1, 0.15) is 25.5 Å². The zero-order chi connectivity index (χ0) is 22.5. The lowest BCUT2D eigenvalue weighted by atomic mass is 10.0. The molecule has 1 aliphatic heterocycles. The van der Waals surface area contributed by atoms with Gasteiger partial charge in [-0.25, -0.2) is 13.9 Å². The van der Waals surface area contributed by atoms with Crippen LogP contribution in [0.25, 0.3) is 5.69 Å². The van der Waals surface area contributed by atoms with Crippen molar-refractivity contribution in [3.8, 4) is 5.69 Å². The Kier molecular flexibility index (Phi) is 6.70. The molecule has 2 aromatic carbocycles. The molecule has 0 saturated carbocycles. The Hall–Kier alpha value is -3.39. The maximum absolute atomic E-state index is 14.1. The molecule has 7 nitrogen and oxygen atoms in total. The molecule has 1 aliphatic rings. The Morgan fingerprint density at radius 2 is 1.88 bits per heavy atom. The number of nitrogens with zero attached hydrogens (tertiary/aromatic N) is 4. The van der Waals surface area contributed by atoms with Crippen molar-refractivity contribution in [1.82, 2.24) is 20.0 Å². The van der Waals surface area contributed by atoms with Crippen molar-refractivity contribution in [3.63, 3.8) is 0 Å². The molecule has 0 bridgehead atoms. The molecule has 2 amide bonds. The summed E-state index contributed by atoms with van der Waals surface area (Å²) >= 11 is 0. The van der Waals surface area contributed by atoms with E-state index in [1.165, 1.54) is 12.1 Å². The van der Waals surface area contributed by atoms with Crippen molar-refractivity contribution in [3.05, 3.63) is 72.3 Å². The van der Waals surface area contributed by atoms with Crippen LogP contribution in [0.15, 0.2) is 60.9 Å². The number of amides is 2. The first-order chi connectivity index (χ1) is 15.5. The van der Waals surface area contributed by atoms with Gasteiger partial charge in [0, 0.05) is 49.8 Å². The van der Waals surface area contributed by atoms with Crippen LogP contribution in [0, 0.1) is 5.82 Å². The summed E-state index contributed by atoms with van der Waals surface area (Å²) in [7, 11) is 0. The number of piperazine rings is 1. The van der Waals surface area contributed by atoms with Crippen molar-refractivity contribution in [1.29, 1.82) is 0 Å². The standard InChI is InChI=1S/C24H29FN6O/c1-3-29-13-15-30(16-14-29)22-10-9-19(25)17-20(22)18(2)27-24(32)28-21-7-4-5-8-23(21)31-12-6-11-26-31/h4-12,17-18H,3,13-16H2,1-2H3,(H2,27,28,32).